The Kier molecular flexibility index (Phi) is 5.35. The number of aromatic nitrogens is 3. The number of nitrogens with zero attached hydrogens (tertiary/aromatic N) is 4. The highest BCUT2D eigenvalue weighted by atomic mass is 16.5. The monoisotopic (exact) mass is 395 g/mol. The molecule has 4 rings (SSSR count). The van der Waals surface area contributed by atoms with Gasteiger partial charge in [0.15, 0.2) is 0 Å². The van der Waals surface area contributed by atoms with Gasteiger partial charge in [0.1, 0.15) is 5.76 Å². The molecule has 0 aliphatic carbocycles. The number of hydrogen-bond acceptors (Lipinski definition) is 5. The standard InChI is InChI=1S/C21H25N5O3/c1-14-11-17(26-9-4-8-22-26)5-6-20(14)23-21(27)25-10-7-18(12-25)28-13-19-15(2)24-29-16(19)3/h4-6,8-9,11,18H,7,10,12-13H2,1-3H3,(H,23,27)/t18-/m1/s1. The summed E-state index contributed by atoms with van der Waals surface area (Å²) in [6.07, 6.45) is 4.45. The number of urea groups is 1. The van der Waals surface area contributed by atoms with E-state index in [-0.39, 0.29) is 12.1 Å². The van der Waals surface area contributed by atoms with Crippen molar-refractivity contribution in [3.8, 4) is 5.69 Å². The third-order valence-corrected chi connectivity index (χ3v) is 5.30. The van der Waals surface area contributed by atoms with Gasteiger partial charge in [-0.1, -0.05) is 5.16 Å². The molecule has 0 unspecified atom stereocenters. The molecule has 1 saturated heterocycles. The maximum Gasteiger partial charge on any atom is 0.321 e. The second-order valence-electron chi connectivity index (χ2n) is 7.35. The number of rotatable bonds is 5. The molecule has 1 N–H and O–H groups in total. The molecule has 0 radical (unpaired) electrons. The highest BCUT2D eigenvalue weighted by Crippen LogP contribution is 2.22. The summed E-state index contributed by atoms with van der Waals surface area (Å²) >= 11 is 0. The van der Waals surface area contributed by atoms with E-state index in [0.29, 0.717) is 19.7 Å². The van der Waals surface area contributed by atoms with E-state index in [2.05, 4.69) is 15.6 Å². The Balaban J connectivity index is 1.32. The molecule has 8 nitrogen and oxygen atoms in total. The number of ether oxygens (including phenoxy) is 1. The lowest BCUT2D eigenvalue weighted by Gasteiger charge is -2.19. The Morgan fingerprint density at radius 3 is 2.90 bits per heavy atom. The van der Waals surface area contributed by atoms with Crippen LogP contribution in [0.15, 0.2) is 41.2 Å². The van der Waals surface area contributed by atoms with Gasteiger partial charge in [0.25, 0.3) is 0 Å². The molecule has 1 fully saturated rings. The maximum atomic E-state index is 12.7. The summed E-state index contributed by atoms with van der Waals surface area (Å²) in [5.41, 5.74) is 4.58. The molecule has 1 aromatic carbocycles. The molecule has 0 saturated carbocycles. The van der Waals surface area contributed by atoms with Gasteiger partial charge in [-0.15, -0.1) is 0 Å². The molecule has 1 aliphatic rings. The minimum atomic E-state index is -0.108. The molecule has 1 atom stereocenters. The van der Waals surface area contributed by atoms with Gasteiger partial charge in [0.2, 0.25) is 0 Å². The van der Waals surface area contributed by atoms with Crippen molar-refractivity contribution in [3.63, 3.8) is 0 Å². The van der Waals surface area contributed by atoms with E-state index in [1.165, 1.54) is 0 Å². The maximum absolute atomic E-state index is 12.7. The van der Waals surface area contributed by atoms with E-state index in [0.717, 1.165) is 40.4 Å². The van der Waals surface area contributed by atoms with Crippen LogP contribution in [0.4, 0.5) is 10.5 Å². The van der Waals surface area contributed by atoms with Gasteiger partial charge in [-0.25, -0.2) is 9.48 Å². The first kappa shape index (κ1) is 19.2. The highest BCUT2D eigenvalue weighted by Gasteiger charge is 2.27. The third-order valence-electron chi connectivity index (χ3n) is 5.30. The summed E-state index contributed by atoms with van der Waals surface area (Å²) in [4.78, 5) is 14.5. The van der Waals surface area contributed by atoms with Crippen LogP contribution in [0.5, 0.6) is 0 Å². The predicted octanol–water partition coefficient (Wildman–Crippen LogP) is 3.61. The highest BCUT2D eigenvalue weighted by molar-refractivity contribution is 5.90. The summed E-state index contributed by atoms with van der Waals surface area (Å²) < 4.78 is 13.0. The fraction of sp³-hybridized carbons (Fsp3) is 0.381. The van der Waals surface area contributed by atoms with Gasteiger partial charge >= 0.3 is 6.03 Å². The molecule has 2 amide bonds. The fourth-order valence-electron chi connectivity index (χ4n) is 3.50. The Morgan fingerprint density at radius 1 is 1.34 bits per heavy atom. The number of anilines is 1. The SMILES string of the molecule is Cc1cc(-n2cccn2)ccc1NC(=O)N1CC[C@@H](OCc2c(C)noc2C)C1. The predicted molar refractivity (Wildman–Crippen MR) is 108 cm³/mol. The number of carbonyl (C=O) groups is 1. The van der Waals surface area contributed by atoms with Gasteiger partial charge in [-0.3, -0.25) is 0 Å². The zero-order valence-electron chi connectivity index (χ0n) is 16.9. The van der Waals surface area contributed by atoms with E-state index in [9.17, 15) is 4.79 Å². The first-order valence-corrected chi connectivity index (χ1v) is 9.71. The van der Waals surface area contributed by atoms with Gasteiger partial charge in [0, 0.05) is 36.7 Å². The molecular weight excluding hydrogens is 370 g/mol. The van der Waals surface area contributed by atoms with E-state index in [4.69, 9.17) is 9.26 Å². The lowest BCUT2D eigenvalue weighted by molar-refractivity contribution is 0.0482. The summed E-state index contributed by atoms with van der Waals surface area (Å²) in [5.74, 6) is 0.782. The van der Waals surface area contributed by atoms with Crippen molar-refractivity contribution >= 4 is 11.7 Å². The van der Waals surface area contributed by atoms with Gasteiger partial charge in [-0.05, 0) is 57.0 Å². The summed E-state index contributed by atoms with van der Waals surface area (Å²) in [5, 5.41) is 11.2. The normalized spacial score (nSPS) is 16.4. The van der Waals surface area contributed by atoms with Crippen LogP contribution >= 0.6 is 0 Å². The smallest absolute Gasteiger partial charge is 0.321 e. The van der Waals surface area contributed by atoms with Crippen LogP contribution in [0.2, 0.25) is 0 Å². The number of aryl methyl sites for hydroxylation is 3. The van der Waals surface area contributed by atoms with Crippen LogP contribution in [-0.4, -0.2) is 45.1 Å². The molecule has 3 heterocycles. The number of likely N-dealkylation sites (tertiary alicyclic amines) is 1. The number of nitrogens with one attached hydrogen (secondary N) is 1. The van der Waals surface area contributed by atoms with Crippen molar-refractivity contribution in [2.75, 3.05) is 18.4 Å². The van der Waals surface area contributed by atoms with Gasteiger partial charge < -0.3 is 19.5 Å². The van der Waals surface area contributed by atoms with Crippen LogP contribution in [0, 0.1) is 20.8 Å². The number of benzene rings is 1. The Hall–Kier alpha value is -3.13. The van der Waals surface area contributed by atoms with Crippen molar-refractivity contribution in [1.82, 2.24) is 19.8 Å². The number of hydrogen-bond donors (Lipinski definition) is 1. The second-order valence-corrected chi connectivity index (χ2v) is 7.35. The largest absolute Gasteiger partial charge is 0.371 e. The van der Waals surface area contributed by atoms with Crippen LogP contribution < -0.4 is 5.32 Å². The topological polar surface area (TPSA) is 85.4 Å². The average molecular weight is 395 g/mol. The van der Waals surface area contributed by atoms with E-state index >= 15 is 0 Å². The van der Waals surface area contributed by atoms with E-state index < -0.39 is 0 Å². The van der Waals surface area contributed by atoms with Crippen molar-refractivity contribution in [1.29, 1.82) is 0 Å². The molecule has 2 aromatic heterocycles. The van der Waals surface area contributed by atoms with Gasteiger partial charge in [-0.2, -0.15) is 5.10 Å². The van der Waals surface area contributed by atoms with E-state index in [1.54, 1.807) is 15.8 Å². The third kappa shape index (κ3) is 4.17. The summed E-state index contributed by atoms with van der Waals surface area (Å²) in [6.45, 7) is 7.45. The van der Waals surface area contributed by atoms with Crippen LogP contribution in [0.25, 0.3) is 5.69 Å². The van der Waals surface area contributed by atoms with Crippen LogP contribution in [0.3, 0.4) is 0 Å². The van der Waals surface area contributed by atoms with Crippen molar-refractivity contribution in [2.45, 2.75) is 39.9 Å². The zero-order valence-corrected chi connectivity index (χ0v) is 16.9. The first-order valence-electron chi connectivity index (χ1n) is 9.71. The number of carbonyl (C=O) groups excluding carboxylic acids is 1. The lowest BCUT2D eigenvalue weighted by atomic mass is 10.2. The van der Waals surface area contributed by atoms with Gasteiger partial charge in [0.05, 0.1) is 24.1 Å². The zero-order chi connectivity index (χ0) is 20.4. The minimum absolute atomic E-state index is 0.0118. The fourth-order valence-corrected chi connectivity index (χ4v) is 3.50. The Bertz CT molecular complexity index is 976. The van der Waals surface area contributed by atoms with E-state index in [1.807, 2.05) is 51.2 Å². The molecule has 29 heavy (non-hydrogen) atoms. The number of amides is 2. The molecule has 0 bridgehead atoms. The lowest BCUT2D eigenvalue weighted by Crippen LogP contribution is -2.34. The Morgan fingerprint density at radius 2 is 2.21 bits per heavy atom. The molecule has 152 valence electrons. The molecular formula is C21H25N5O3. The minimum Gasteiger partial charge on any atom is -0.371 e. The van der Waals surface area contributed by atoms with Crippen molar-refractivity contribution in [3.05, 3.63) is 59.2 Å². The second kappa shape index (κ2) is 8.08. The van der Waals surface area contributed by atoms with Crippen molar-refractivity contribution < 1.29 is 14.1 Å². The quantitative estimate of drug-likeness (QED) is 0.713. The molecule has 1 aliphatic heterocycles. The van der Waals surface area contributed by atoms with Crippen molar-refractivity contribution in [2.24, 2.45) is 0 Å². The summed E-state index contributed by atoms with van der Waals surface area (Å²) in [6, 6.07) is 7.62. The molecule has 8 heteroatoms. The molecule has 0 spiro atoms. The van der Waals surface area contributed by atoms with Crippen LogP contribution in [0.1, 0.15) is 29.0 Å². The average Bonchev–Trinajstić information content (AvgIpc) is 3.44. The Labute approximate surface area is 169 Å². The first-order chi connectivity index (χ1) is 14.0. The summed E-state index contributed by atoms with van der Waals surface area (Å²) in [7, 11) is 0. The van der Waals surface area contributed by atoms with Crippen LogP contribution in [-0.2, 0) is 11.3 Å². The molecule has 3 aromatic rings.